The second-order valence-corrected chi connectivity index (χ2v) is 6.47. The van der Waals surface area contributed by atoms with Crippen LogP contribution in [0.4, 0.5) is 0 Å². The molecule has 0 aliphatic heterocycles. The summed E-state index contributed by atoms with van der Waals surface area (Å²) in [6, 6.07) is 6.20. The van der Waals surface area contributed by atoms with Crippen LogP contribution in [0.15, 0.2) is 33.6 Å². The van der Waals surface area contributed by atoms with Crippen molar-refractivity contribution in [2.24, 2.45) is 0 Å². The van der Waals surface area contributed by atoms with E-state index in [-0.39, 0.29) is 23.2 Å². The van der Waals surface area contributed by atoms with Crippen LogP contribution >= 0.6 is 0 Å². The van der Waals surface area contributed by atoms with Gasteiger partial charge in [0.15, 0.2) is 9.84 Å². The second kappa shape index (κ2) is 5.69. The van der Waals surface area contributed by atoms with Crippen molar-refractivity contribution in [3.63, 3.8) is 0 Å². The van der Waals surface area contributed by atoms with Crippen LogP contribution < -0.4 is 0 Å². The molecule has 112 valence electrons. The van der Waals surface area contributed by atoms with E-state index in [0.29, 0.717) is 11.3 Å². The maximum atomic E-state index is 11.7. The van der Waals surface area contributed by atoms with Crippen LogP contribution in [0, 0.1) is 6.92 Å². The molecule has 6 nitrogen and oxygen atoms in total. The molecule has 0 N–H and O–H groups in total. The molecule has 0 amide bonds. The first-order chi connectivity index (χ1) is 9.82. The third kappa shape index (κ3) is 3.30. The largest absolute Gasteiger partial charge is 0.460 e. The molecule has 0 atom stereocenters. The number of esters is 1. The topological polar surface area (TPSA) is 86.5 Å². The van der Waals surface area contributed by atoms with Crippen LogP contribution in [-0.4, -0.2) is 32.2 Å². The summed E-state index contributed by atoms with van der Waals surface area (Å²) in [5, 5.41) is 0. The fourth-order valence-corrected chi connectivity index (χ4v) is 2.43. The molecule has 1 heterocycles. The van der Waals surface area contributed by atoms with Crippen molar-refractivity contribution in [2.45, 2.75) is 18.7 Å². The fourth-order valence-electron chi connectivity index (χ4n) is 1.77. The molecule has 0 radical (unpaired) electrons. The summed E-state index contributed by atoms with van der Waals surface area (Å²) < 4.78 is 33.4. The summed E-state index contributed by atoms with van der Waals surface area (Å²) in [6.45, 7) is 3.55. The average Bonchev–Trinajstić information content (AvgIpc) is 2.80. The summed E-state index contributed by atoms with van der Waals surface area (Å²) in [7, 11) is -3.32. The van der Waals surface area contributed by atoms with E-state index in [1.807, 2.05) is 0 Å². The summed E-state index contributed by atoms with van der Waals surface area (Å²) in [6.07, 6.45) is 1.12. The molecule has 0 unspecified atom stereocenters. The highest BCUT2D eigenvalue weighted by Crippen LogP contribution is 2.24. The van der Waals surface area contributed by atoms with Gasteiger partial charge in [-0.3, -0.25) is 0 Å². The van der Waals surface area contributed by atoms with Gasteiger partial charge in [-0.1, -0.05) is 6.07 Å². The van der Waals surface area contributed by atoms with E-state index in [1.165, 1.54) is 12.1 Å². The van der Waals surface area contributed by atoms with Gasteiger partial charge in [-0.25, -0.2) is 18.2 Å². The fraction of sp³-hybridized carbons (Fsp3) is 0.286. The number of nitrogens with zero attached hydrogens (tertiary/aromatic N) is 1. The maximum Gasteiger partial charge on any atom is 0.376 e. The van der Waals surface area contributed by atoms with E-state index in [0.717, 1.165) is 6.26 Å². The Balaban J connectivity index is 2.44. The zero-order valence-corrected chi connectivity index (χ0v) is 12.7. The number of carbonyl (C=O) groups is 1. The van der Waals surface area contributed by atoms with E-state index < -0.39 is 15.8 Å². The molecule has 0 saturated heterocycles. The van der Waals surface area contributed by atoms with E-state index in [2.05, 4.69) is 4.98 Å². The van der Waals surface area contributed by atoms with Gasteiger partial charge in [0.2, 0.25) is 11.7 Å². The van der Waals surface area contributed by atoms with Gasteiger partial charge in [0.25, 0.3) is 0 Å². The smallest absolute Gasteiger partial charge is 0.376 e. The normalized spacial score (nSPS) is 11.4. The zero-order valence-electron chi connectivity index (χ0n) is 11.9. The Morgan fingerprint density at radius 3 is 2.71 bits per heavy atom. The molecule has 1 aromatic carbocycles. The predicted octanol–water partition coefficient (Wildman–Crippen LogP) is 2.23. The van der Waals surface area contributed by atoms with Crippen molar-refractivity contribution >= 4 is 15.8 Å². The monoisotopic (exact) mass is 309 g/mol. The summed E-state index contributed by atoms with van der Waals surface area (Å²) in [4.78, 5) is 16.0. The molecular weight excluding hydrogens is 294 g/mol. The molecule has 0 aliphatic rings. The van der Waals surface area contributed by atoms with Gasteiger partial charge in [0.05, 0.1) is 17.2 Å². The number of ether oxygens (including phenoxy) is 1. The van der Waals surface area contributed by atoms with Crippen molar-refractivity contribution < 1.29 is 22.4 Å². The number of rotatable bonds is 4. The number of hydrogen-bond acceptors (Lipinski definition) is 6. The minimum atomic E-state index is -3.32. The number of benzene rings is 1. The predicted molar refractivity (Wildman–Crippen MR) is 75.7 cm³/mol. The average molecular weight is 309 g/mol. The van der Waals surface area contributed by atoms with Gasteiger partial charge in [-0.15, -0.1) is 0 Å². The number of hydrogen-bond donors (Lipinski definition) is 0. The second-order valence-electron chi connectivity index (χ2n) is 4.45. The van der Waals surface area contributed by atoms with Gasteiger partial charge < -0.3 is 9.15 Å². The number of carbonyl (C=O) groups excluding carboxylic acids is 1. The van der Waals surface area contributed by atoms with Crippen LogP contribution in [0.3, 0.4) is 0 Å². The van der Waals surface area contributed by atoms with Gasteiger partial charge >= 0.3 is 5.97 Å². The standard InChI is InChI=1S/C14H15NO5S/c1-4-19-14(16)12-9(2)15-13(20-12)10-6-5-7-11(8-10)21(3,17)18/h5-8H,4H2,1-3H3. The summed E-state index contributed by atoms with van der Waals surface area (Å²) in [5.74, 6) is -0.384. The first-order valence-corrected chi connectivity index (χ1v) is 8.17. The molecule has 2 rings (SSSR count). The lowest BCUT2D eigenvalue weighted by Crippen LogP contribution is -2.04. The highest BCUT2D eigenvalue weighted by atomic mass is 32.2. The number of oxazole rings is 1. The third-order valence-corrected chi connectivity index (χ3v) is 3.88. The molecule has 0 aliphatic carbocycles. The molecule has 21 heavy (non-hydrogen) atoms. The van der Waals surface area contributed by atoms with E-state index >= 15 is 0 Å². The van der Waals surface area contributed by atoms with Crippen LogP contribution in [0.2, 0.25) is 0 Å². The van der Waals surface area contributed by atoms with E-state index in [9.17, 15) is 13.2 Å². The quantitative estimate of drug-likeness (QED) is 0.805. The molecular formula is C14H15NO5S. The maximum absolute atomic E-state index is 11.7. The van der Waals surface area contributed by atoms with Crippen LogP contribution in [-0.2, 0) is 14.6 Å². The van der Waals surface area contributed by atoms with Crippen molar-refractivity contribution in [2.75, 3.05) is 12.9 Å². The number of aromatic nitrogens is 1. The third-order valence-electron chi connectivity index (χ3n) is 2.77. The molecule has 0 fully saturated rings. The van der Waals surface area contributed by atoms with Crippen molar-refractivity contribution in [1.82, 2.24) is 4.98 Å². The van der Waals surface area contributed by atoms with Gasteiger partial charge in [-0.05, 0) is 32.0 Å². The Morgan fingerprint density at radius 1 is 1.38 bits per heavy atom. The molecule has 2 aromatic rings. The van der Waals surface area contributed by atoms with Gasteiger partial charge in [-0.2, -0.15) is 0 Å². The lowest BCUT2D eigenvalue weighted by Gasteiger charge is -2.00. The van der Waals surface area contributed by atoms with Crippen LogP contribution in [0.25, 0.3) is 11.5 Å². The van der Waals surface area contributed by atoms with Gasteiger partial charge in [0, 0.05) is 11.8 Å². The highest BCUT2D eigenvalue weighted by Gasteiger charge is 2.20. The number of aryl methyl sites for hydroxylation is 1. The minimum Gasteiger partial charge on any atom is -0.460 e. The Bertz CT molecular complexity index is 776. The van der Waals surface area contributed by atoms with E-state index in [4.69, 9.17) is 9.15 Å². The van der Waals surface area contributed by atoms with E-state index in [1.54, 1.807) is 26.0 Å². The van der Waals surface area contributed by atoms with Crippen molar-refractivity contribution in [3.05, 3.63) is 35.7 Å². The molecule has 0 bridgehead atoms. The Kier molecular flexibility index (Phi) is 4.13. The van der Waals surface area contributed by atoms with Crippen molar-refractivity contribution in [1.29, 1.82) is 0 Å². The Morgan fingerprint density at radius 2 is 2.10 bits per heavy atom. The lowest BCUT2D eigenvalue weighted by atomic mass is 10.2. The first-order valence-electron chi connectivity index (χ1n) is 6.28. The molecule has 7 heteroatoms. The van der Waals surface area contributed by atoms with Gasteiger partial charge in [0.1, 0.15) is 0 Å². The molecule has 0 saturated carbocycles. The lowest BCUT2D eigenvalue weighted by molar-refractivity contribution is 0.0490. The highest BCUT2D eigenvalue weighted by molar-refractivity contribution is 7.90. The minimum absolute atomic E-state index is 0.0246. The Labute approximate surface area is 122 Å². The van der Waals surface area contributed by atoms with Crippen molar-refractivity contribution in [3.8, 4) is 11.5 Å². The molecule has 1 aromatic heterocycles. The first kappa shape index (κ1) is 15.2. The van der Waals surface area contributed by atoms with Crippen LogP contribution in [0.5, 0.6) is 0 Å². The summed E-state index contributed by atoms with van der Waals surface area (Å²) >= 11 is 0. The Hall–Kier alpha value is -2.15. The molecule has 0 spiro atoms. The summed E-state index contributed by atoms with van der Waals surface area (Å²) in [5.41, 5.74) is 0.879. The van der Waals surface area contributed by atoms with Crippen LogP contribution in [0.1, 0.15) is 23.2 Å². The zero-order chi connectivity index (χ0) is 15.6. The number of sulfone groups is 1. The SMILES string of the molecule is CCOC(=O)c1oc(-c2cccc(S(C)(=O)=O)c2)nc1C.